The number of aryl methyl sites for hydroxylation is 1. The highest BCUT2D eigenvalue weighted by molar-refractivity contribution is 7.93. The first-order valence-electron chi connectivity index (χ1n) is 6.29. The van der Waals surface area contributed by atoms with Gasteiger partial charge in [-0.15, -0.1) is 11.3 Å². The quantitative estimate of drug-likeness (QED) is 0.790. The molecule has 2 aromatic rings. The van der Waals surface area contributed by atoms with Gasteiger partial charge in [0.15, 0.2) is 0 Å². The summed E-state index contributed by atoms with van der Waals surface area (Å²) in [6.07, 6.45) is 3.16. The zero-order chi connectivity index (χ0) is 15.5. The molecule has 0 aromatic carbocycles. The van der Waals surface area contributed by atoms with Crippen molar-refractivity contribution in [3.63, 3.8) is 0 Å². The number of nitrogens with one attached hydrogen (secondary N) is 2. The molecule has 2 N–H and O–H groups in total. The highest BCUT2D eigenvalue weighted by atomic mass is 32.2. The van der Waals surface area contributed by atoms with Gasteiger partial charge < -0.3 is 4.74 Å². The lowest BCUT2D eigenvalue weighted by atomic mass is 10.2. The minimum atomic E-state index is -3.78. The highest BCUT2D eigenvalue weighted by Crippen LogP contribution is 2.31. The molecule has 0 atom stereocenters. The lowest BCUT2D eigenvalue weighted by Crippen LogP contribution is -2.14. The highest BCUT2D eigenvalue weighted by Gasteiger charge is 2.22. The molecule has 0 bridgehead atoms. The number of aromatic nitrogens is 2. The predicted octanol–water partition coefficient (Wildman–Crippen LogP) is 2.01. The maximum absolute atomic E-state index is 12.2. The number of carbonyl (C=O) groups excluding carboxylic acids is 1. The lowest BCUT2D eigenvalue weighted by Gasteiger charge is -2.06. The first-order valence-corrected chi connectivity index (χ1v) is 8.59. The van der Waals surface area contributed by atoms with Gasteiger partial charge in [0.1, 0.15) is 9.90 Å². The molecular formula is C12H15N3O4S2. The number of thiophene rings is 1. The van der Waals surface area contributed by atoms with Crippen LogP contribution in [0.1, 0.15) is 29.1 Å². The van der Waals surface area contributed by atoms with Crippen molar-refractivity contribution in [2.24, 2.45) is 0 Å². The van der Waals surface area contributed by atoms with Crippen LogP contribution in [0.25, 0.3) is 0 Å². The minimum Gasteiger partial charge on any atom is -0.462 e. The summed E-state index contributed by atoms with van der Waals surface area (Å²) in [5, 5.41) is 6.30. The third-order valence-corrected chi connectivity index (χ3v) is 5.28. The predicted molar refractivity (Wildman–Crippen MR) is 79.0 cm³/mol. The number of hydrogen-bond donors (Lipinski definition) is 2. The number of H-pyrrole nitrogens is 1. The van der Waals surface area contributed by atoms with Gasteiger partial charge in [-0.05, 0) is 19.4 Å². The van der Waals surface area contributed by atoms with Crippen molar-refractivity contribution in [1.29, 1.82) is 0 Å². The van der Waals surface area contributed by atoms with Gasteiger partial charge in [-0.1, -0.05) is 6.92 Å². The van der Waals surface area contributed by atoms with E-state index in [1.165, 1.54) is 23.7 Å². The van der Waals surface area contributed by atoms with E-state index in [9.17, 15) is 13.2 Å². The molecule has 0 radical (unpaired) electrons. The van der Waals surface area contributed by atoms with Gasteiger partial charge in [-0.3, -0.25) is 9.82 Å². The van der Waals surface area contributed by atoms with Crippen LogP contribution >= 0.6 is 11.3 Å². The Morgan fingerprint density at radius 2 is 2.24 bits per heavy atom. The largest absolute Gasteiger partial charge is 0.462 e. The topological polar surface area (TPSA) is 101 Å². The van der Waals surface area contributed by atoms with E-state index >= 15 is 0 Å². The van der Waals surface area contributed by atoms with Crippen molar-refractivity contribution < 1.29 is 17.9 Å². The molecule has 0 saturated heterocycles. The fraction of sp³-hybridized carbons (Fsp3) is 0.333. The molecule has 0 aliphatic heterocycles. The first kappa shape index (κ1) is 15.5. The molecule has 0 spiro atoms. The molecule has 9 heteroatoms. The van der Waals surface area contributed by atoms with Crippen molar-refractivity contribution in [2.75, 3.05) is 11.3 Å². The molecule has 0 aliphatic rings. The van der Waals surface area contributed by atoms with E-state index in [1.54, 1.807) is 13.0 Å². The van der Waals surface area contributed by atoms with E-state index in [0.29, 0.717) is 6.42 Å². The van der Waals surface area contributed by atoms with Crippen molar-refractivity contribution in [3.05, 3.63) is 28.9 Å². The summed E-state index contributed by atoms with van der Waals surface area (Å²) in [6, 6.07) is 1.65. The number of aromatic amines is 1. The fourth-order valence-electron chi connectivity index (χ4n) is 1.62. The Morgan fingerprint density at radius 1 is 1.48 bits per heavy atom. The number of rotatable bonds is 6. The molecule has 0 saturated carbocycles. The van der Waals surface area contributed by atoms with Gasteiger partial charge >= 0.3 is 5.97 Å². The summed E-state index contributed by atoms with van der Waals surface area (Å²) >= 11 is 1.22. The molecule has 2 rings (SSSR count). The van der Waals surface area contributed by atoms with Crippen LogP contribution in [0, 0.1) is 0 Å². The number of nitrogens with zero attached hydrogens (tertiary/aromatic N) is 1. The third kappa shape index (κ3) is 3.42. The first-order chi connectivity index (χ1) is 9.97. The van der Waals surface area contributed by atoms with Gasteiger partial charge in [0.05, 0.1) is 18.4 Å². The minimum absolute atomic E-state index is 0.00348. The summed E-state index contributed by atoms with van der Waals surface area (Å²) in [7, 11) is -3.78. The Balaban J connectivity index is 2.35. The third-order valence-electron chi connectivity index (χ3n) is 2.64. The van der Waals surface area contributed by atoms with Gasteiger partial charge in [0.25, 0.3) is 10.0 Å². The van der Waals surface area contributed by atoms with E-state index < -0.39 is 16.0 Å². The molecular weight excluding hydrogens is 314 g/mol. The average molecular weight is 329 g/mol. The smallest absolute Gasteiger partial charge is 0.341 e. The summed E-state index contributed by atoms with van der Waals surface area (Å²) in [5.41, 5.74) is 0.228. The second-order valence-electron chi connectivity index (χ2n) is 4.07. The lowest BCUT2D eigenvalue weighted by molar-refractivity contribution is 0.0528. The van der Waals surface area contributed by atoms with Gasteiger partial charge in [-0.2, -0.15) is 5.10 Å². The number of ether oxygens (including phenoxy) is 1. The molecule has 0 fully saturated rings. The number of sulfonamides is 1. The maximum Gasteiger partial charge on any atom is 0.341 e. The summed E-state index contributed by atoms with van der Waals surface area (Å²) in [5.74, 6) is -0.543. The molecule has 0 unspecified atom stereocenters. The number of esters is 1. The van der Waals surface area contributed by atoms with Crippen LogP contribution in [0.4, 0.5) is 5.00 Å². The maximum atomic E-state index is 12.2. The number of anilines is 1. The average Bonchev–Trinajstić information content (AvgIpc) is 3.07. The van der Waals surface area contributed by atoms with E-state index in [4.69, 9.17) is 4.74 Å². The molecule has 2 heterocycles. The van der Waals surface area contributed by atoms with Crippen molar-refractivity contribution in [1.82, 2.24) is 10.2 Å². The van der Waals surface area contributed by atoms with Crippen LogP contribution in [0.3, 0.4) is 0 Å². The molecule has 0 aliphatic carbocycles. The summed E-state index contributed by atoms with van der Waals surface area (Å²) in [4.78, 5) is 12.8. The fourth-order valence-corrected chi connectivity index (χ4v) is 3.82. The SMILES string of the molecule is CCOC(=O)c1cc(CC)sc1NS(=O)(=O)c1cn[nH]c1. The van der Waals surface area contributed by atoms with E-state index in [1.807, 2.05) is 6.92 Å². The second kappa shape index (κ2) is 6.27. The molecule has 114 valence electrons. The Hall–Kier alpha value is -1.87. The van der Waals surface area contributed by atoms with Crippen molar-refractivity contribution >= 4 is 32.3 Å². The molecule has 0 amide bonds. The number of hydrogen-bond acceptors (Lipinski definition) is 6. The summed E-state index contributed by atoms with van der Waals surface area (Å²) in [6.45, 7) is 3.85. The monoisotopic (exact) mass is 329 g/mol. The standard InChI is InChI=1S/C12H15N3O4S2/c1-3-8-5-10(12(16)19-4-2)11(20-8)15-21(17,18)9-6-13-14-7-9/h5-7,15H,3-4H2,1-2H3,(H,13,14). The van der Waals surface area contributed by atoms with Crippen molar-refractivity contribution in [2.45, 2.75) is 25.2 Å². The van der Waals surface area contributed by atoms with Gasteiger partial charge in [-0.25, -0.2) is 13.2 Å². The Kier molecular flexibility index (Phi) is 4.63. The Bertz CT molecular complexity index is 720. The van der Waals surface area contributed by atoms with Crippen LogP contribution < -0.4 is 4.72 Å². The number of carbonyl (C=O) groups is 1. The molecule has 21 heavy (non-hydrogen) atoms. The zero-order valence-electron chi connectivity index (χ0n) is 11.5. The molecule has 2 aromatic heterocycles. The zero-order valence-corrected chi connectivity index (χ0v) is 13.2. The van der Waals surface area contributed by atoms with E-state index in [2.05, 4.69) is 14.9 Å². The van der Waals surface area contributed by atoms with Crippen LogP contribution in [0.15, 0.2) is 23.4 Å². The normalized spacial score (nSPS) is 11.3. The Labute approximate surface area is 126 Å². The molecule has 7 nitrogen and oxygen atoms in total. The van der Waals surface area contributed by atoms with Crippen LogP contribution in [-0.2, 0) is 21.2 Å². The second-order valence-corrected chi connectivity index (χ2v) is 6.89. The van der Waals surface area contributed by atoms with E-state index in [0.717, 1.165) is 4.88 Å². The van der Waals surface area contributed by atoms with Crippen LogP contribution in [0.2, 0.25) is 0 Å². The van der Waals surface area contributed by atoms with Crippen LogP contribution in [-0.4, -0.2) is 31.2 Å². The van der Waals surface area contributed by atoms with E-state index in [-0.39, 0.29) is 22.1 Å². The summed E-state index contributed by atoms with van der Waals surface area (Å²) < 4.78 is 31.7. The van der Waals surface area contributed by atoms with Gasteiger partial charge in [0, 0.05) is 11.1 Å². The van der Waals surface area contributed by atoms with Crippen molar-refractivity contribution in [3.8, 4) is 0 Å². The Morgan fingerprint density at radius 3 is 2.81 bits per heavy atom. The van der Waals surface area contributed by atoms with Crippen LogP contribution in [0.5, 0.6) is 0 Å². The van der Waals surface area contributed by atoms with Gasteiger partial charge in [0.2, 0.25) is 0 Å².